The summed E-state index contributed by atoms with van der Waals surface area (Å²) >= 11 is 6.31. The van der Waals surface area contributed by atoms with Gasteiger partial charge in [0.05, 0.1) is 18.8 Å². The second-order valence-electron chi connectivity index (χ2n) is 9.73. The molecule has 0 spiro atoms. The number of likely N-dealkylation sites (tertiary alicyclic amines) is 1. The van der Waals surface area contributed by atoms with Crippen LogP contribution in [0.4, 0.5) is 0 Å². The SMILES string of the molecule is COc1ccc2cc(/C=N\NC(=O)c3ccc(CN4CCC(Cc5ccccc5)CC4)cc3)c(Cl)nc2c1. The van der Waals surface area contributed by atoms with Gasteiger partial charge in [-0.15, -0.1) is 0 Å². The zero-order valence-electron chi connectivity index (χ0n) is 21.4. The number of fused-ring (bicyclic) bond motifs is 1. The lowest BCUT2D eigenvalue weighted by molar-refractivity contribution is 0.0955. The molecule has 3 aromatic carbocycles. The zero-order chi connectivity index (χ0) is 26.3. The number of hydrazone groups is 1. The lowest BCUT2D eigenvalue weighted by Crippen LogP contribution is -2.33. The Balaban J connectivity index is 1.11. The average Bonchev–Trinajstić information content (AvgIpc) is 2.95. The van der Waals surface area contributed by atoms with Crippen molar-refractivity contribution in [2.75, 3.05) is 20.2 Å². The van der Waals surface area contributed by atoms with Crippen LogP contribution in [0, 0.1) is 5.92 Å². The molecule has 0 atom stereocenters. The van der Waals surface area contributed by atoms with E-state index >= 15 is 0 Å². The molecule has 1 aliphatic rings. The van der Waals surface area contributed by atoms with Crippen LogP contribution in [0.1, 0.15) is 39.9 Å². The highest BCUT2D eigenvalue weighted by Gasteiger charge is 2.19. The van der Waals surface area contributed by atoms with Crippen molar-refractivity contribution in [3.63, 3.8) is 0 Å². The van der Waals surface area contributed by atoms with Crippen molar-refractivity contribution >= 4 is 34.6 Å². The second-order valence-corrected chi connectivity index (χ2v) is 10.1. The van der Waals surface area contributed by atoms with Gasteiger partial charge >= 0.3 is 0 Å². The number of benzene rings is 3. The number of pyridine rings is 1. The molecule has 0 saturated carbocycles. The number of hydrogen-bond donors (Lipinski definition) is 1. The van der Waals surface area contributed by atoms with Gasteiger partial charge in [-0.25, -0.2) is 10.4 Å². The highest BCUT2D eigenvalue weighted by Crippen LogP contribution is 2.24. The molecule has 0 bridgehead atoms. The normalized spacial score (nSPS) is 14.7. The number of amides is 1. The summed E-state index contributed by atoms with van der Waals surface area (Å²) in [5.41, 5.74) is 7.12. The molecule has 1 amide bonds. The maximum atomic E-state index is 12.6. The van der Waals surface area contributed by atoms with E-state index in [1.807, 2.05) is 48.5 Å². The predicted molar refractivity (Wildman–Crippen MR) is 153 cm³/mol. The third-order valence-corrected chi connectivity index (χ3v) is 7.37. The molecule has 194 valence electrons. The standard InChI is InChI=1S/C31H31ClN4O2/c1-38-28-12-11-26-18-27(30(32)34-29(26)19-28)20-33-35-31(37)25-9-7-24(8-10-25)21-36-15-13-23(14-16-36)17-22-5-3-2-4-6-22/h2-12,18-20,23H,13-17,21H2,1H3,(H,35,37)/b33-20-. The third kappa shape index (κ3) is 6.57. The van der Waals surface area contributed by atoms with Gasteiger partial charge in [-0.05, 0) is 79.7 Å². The van der Waals surface area contributed by atoms with Crippen molar-refractivity contribution in [1.29, 1.82) is 0 Å². The molecule has 0 unspecified atom stereocenters. The smallest absolute Gasteiger partial charge is 0.271 e. The lowest BCUT2D eigenvalue weighted by Gasteiger charge is -2.32. The predicted octanol–water partition coefficient (Wildman–Crippen LogP) is 6.12. The van der Waals surface area contributed by atoms with Crippen LogP contribution in [0.2, 0.25) is 5.15 Å². The number of rotatable bonds is 8. The van der Waals surface area contributed by atoms with Crippen LogP contribution in [0.5, 0.6) is 5.75 Å². The summed E-state index contributed by atoms with van der Waals surface area (Å²) < 4.78 is 5.23. The number of halogens is 1. The molecule has 38 heavy (non-hydrogen) atoms. The van der Waals surface area contributed by atoms with Gasteiger partial charge in [0.2, 0.25) is 0 Å². The van der Waals surface area contributed by atoms with E-state index in [9.17, 15) is 4.79 Å². The minimum Gasteiger partial charge on any atom is -0.497 e. The number of carbonyl (C=O) groups is 1. The molecule has 7 heteroatoms. The summed E-state index contributed by atoms with van der Waals surface area (Å²) in [5, 5.41) is 5.30. The van der Waals surface area contributed by atoms with E-state index in [2.05, 4.69) is 50.7 Å². The minimum atomic E-state index is -0.274. The van der Waals surface area contributed by atoms with E-state index in [0.29, 0.717) is 22.0 Å². The minimum absolute atomic E-state index is 0.274. The Labute approximate surface area is 228 Å². The number of hydrogen-bond acceptors (Lipinski definition) is 5. The summed E-state index contributed by atoms with van der Waals surface area (Å²) in [4.78, 5) is 19.5. The van der Waals surface area contributed by atoms with Crippen molar-refractivity contribution in [1.82, 2.24) is 15.3 Å². The van der Waals surface area contributed by atoms with Gasteiger partial charge in [-0.3, -0.25) is 9.69 Å². The molecule has 2 heterocycles. The first-order valence-electron chi connectivity index (χ1n) is 12.9. The van der Waals surface area contributed by atoms with Crippen LogP contribution < -0.4 is 10.2 Å². The van der Waals surface area contributed by atoms with Gasteiger partial charge < -0.3 is 4.74 Å². The first-order chi connectivity index (χ1) is 18.6. The highest BCUT2D eigenvalue weighted by molar-refractivity contribution is 6.32. The second kappa shape index (κ2) is 12.2. The van der Waals surface area contributed by atoms with Gasteiger partial charge in [0.1, 0.15) is 10.9 Å². The number of ether oxygens (including phenoxy) is 1. The van der Waals surface area contributed by atoms with Crippen molar-refractivity contribution in [3.05, 3.63) is 106 Å². The van der Waals surface area contributed by atoms with Gasteiger partial charge in [-0.2, -0.15) is 5.10 Å². The van der Waals surface area contributed by atoms with E-state index < -0.39 is 0 Å². The highest BCUT2D eigenvalue weighted by atomic mass is 35.5. The molecule has 5 rings (SSSR count). The maximum absolute atomic E-state index is 12.6. The van der Waals surface area contributed by atoms with Crippen molar-refractivity contribution in [2.24, 2.45) is 11.0 Å². The largest absolute Gasteiger partial charge is 0.497 e. The monoisotopic (exact) mass is 526 g/mol. The average molecular weight is 527 g/mol. The Morgan fingerprint density at radius 3 is 2.55 bits per heavy atom. The quantitative estimate of drug-likeness (QED) is 0.171. The topological polar surface area (TPSA) is 66.8 Å². The van der Waals surface area contributed by atoms with Crippen molar-refractivity contribution in [3.8, 4) is 5.75 Å². The Morgan fingerprint density at radius 1 is 1.05 bits per heavy atom. The summed E-state index contributed by atoms with van der Waals surface area (Å²) in [5.74, 6) is 1.19. The van der Waals surface area contributed by atoms with Gasteiger partial charge in [0.25, 0.3) is 5.91 Å². The zero-order valence-corrected chi connectivity index (χ0v) is 22.2. The molecule has 1 fully saturated rings. The molecule has 0 aliphatic carbocycles. The van der Waals surface area contributed by atoms with E-state index in [0.717, 1.165) is 36.5 Å². The number of methoxy groups -OCH3 is 1. The number of carbonyl (C=O) groups excluding carboxylic acids is 1. The number of nitrogens with one attached hydrogen (secondary N) is 1. The number of piperidine rings is 1. The van der Waals surface area contributed by atoms with Crippen LogP contribution in [-0.4, -0.2) is 42.2 Å². The van der Waals surface area contributed by atoms with Crippen LogP contribution in [-0.2, 0) is 13.0 Å². The Morgan fingerprint density at radius 2 is 1.82 bits per heavy atom. The Kier molecular flexibility index (Phi) is 8.31. The molecule has 1 aliphatic heterocycles. The van der Waals surface area contributed by atoms with Crippen LogP contribution in [0.25, 0.3) is 10.9 Å². The Hall–Kier alpha value is -3.74. The molecule has 1 saturated heterocycles. The van der Waals surface area contributed by atoms with Crippen LogP contribution in [0.15, 0.2) is 84.0 Å². The summed E-state index contributed by atoms with van der Waals surface area (Å²) in [6.45, 7) is 3.11. The first kappa shape index (κ1) is 25.9. The summed E-state index contributed by atoms with van der Waals surface area (Å²) in [7, 11) is 1.61. The third-order valence-electron chi connectivity index (χ3n) is 7.07. The van der Waals surface area contributed by atoms with Crippen LogP contribution in [0.3, 0.4) is 0 Å². The van der Waals surface area contributed by atoms with E-state index in [-0.39, 0.29) is 5.91 Å². The molecule has 6 nitrogen and oxygen atoms in total. The van der Waals surface area contributed by atoms with Gasteiger partial charge in [-0.1, -0.05) is 54.1 Å². The molecule has 4 aromatic rings. The number of aromatic nitrogens is 1. The Bertz CT molecular complexity index is 1420. The summed E-state index contributed by atoms with van der Waals surface area (Å²) in [6, 6.07) is 26.0. The van der Waals surface area contributed by atoms with E-state index in [4.69, 9.17) is 16.3 Å². The van der Waals surface area contributed by atoms with Crippen molar-refractivity contribution in [2.45, 2.75) is 25.8 Å². The fourth-order valence-corrected chi connectivity index (χ4v) is 5.09. The molecular formula is C31H31ClN4O2. The van der Waals surface area contributed by atoms with Gasteiger partial charge in [0.15, 0.2) is 0 Å². The van der Waals surface area contributed by atoms with E-state index in [1.165, 1.54) is 36.6 Å². The van der Waals surface area contributed by atoms with Crippen molar-refractivity contribution < 1.29 is 9.53 Å². The van der Waals surface area contributed by atoms with Gasteiger partial charge in [0, 0.05) is 29.1 Å². The van der Waals surface area contributed by atoms with E-state index in [1.54, 1.807) is 7.11 Å². The molecule has 1 aromatic heterocycles. The fourth-order valence-electron chi connectivity index (χ4n) is 4.90. The lowest BCUT2D eigenvalue weighted by atomic mass is 9.90. The first-order valence-corrected chi connectivity index (χ1v) is 13.3. The molecule has 1 N–H and O–H groups in total. The fraction of sp³-hybridized carbons (Fsp3) is 0.258. The molecule has 0 radical (unpaired) electrons. The summed E-state index contributed by atoms with van der Waals surface area (Å²) in [6.07, 6.45) is 5.11. The number of nitrogens with zero attached hydrogens (tertiary/aromatic N) is 3. The molecular weight excluding hydrogens is 496 g/mol. The maximum Gasteiger partial charge on any atom is 0.271 e. The van der Waals surface area contributed by atoms with Crippen LogP contribution >= 0.6 is 11.6 Å².